The molecule has 0 unspecified atom stereocenters. The highest BCUT2D eigenvalue weighted by atomic mass is 16.6. The van der Waals surface area contributed by atoms with E-state index in [4.69, 9.17) is 15.0 Å². The summed E-state index contributed by atoms with van der Waals surface area (Å²) < 4.78 is 5.51. The van der Waals surface area contributed by atoms with Gasteiger partial charge in [-0.2, -0.15) is 5.26 Å². The van der Waals surface area contributed by atoms with Crippen LogP contribution in [0.5, 0.6) is 0 Å². The van der Waals surface area contributed by atoms with Gasteiger partial charge in [-0.05, 0) is 27.2 Å². The van der Waals surface area contributed by atoms with Crippen molar-refractivity contribution in [3.05, 3.63) is 71.8 Å². The third-order valence-corrected chi connectivity index (χ3v) is 3.59. The van der Waals surface area contributed by atoms with Crippen molar-refractivity contribution in [1.29, 1.82) is 5.26 Å². The molecule has 0 aromatic heterocycles. The van der Waals surface area contributed by atoms with Crippen molar-refractivity contribution in [2.45, 2.75) is 45.3 Å². The molecule has 0 amide bonds. The van der Waals surface area contributed by atoms with Crippen molar-refractivity contribution in [3.8, 4) is 6.07 Å². The monoisotopic (exact) mass is 348 g/mol. The molecule has 134 valence electrons. The molecule has 2 aromatic carbocycles. The van der Waals surface area contributed by atoms with E-state index < -0.39 is 17.6 Å². The highest BCUT2D eigenvalue weighted by Gasteiger charge is 2.25. The number of rotatable bonds is 6. The number of carbonyl (C=O) groups excluding carboxylic acids is 1. The number of nitrogens with zero attached hydrogens (tertiary/aromatic N) is 2. The van der Waals surface area contributed by atoms with Gasteiger partial charge in [0.15, 0.2) is 0 Å². The maximum Gasteiger partial charge on any atom is 0.331 e. The van der Waals surface area contributed by atoms with Gasteiger partial charge >= 0.3 is 5.97 Å². The van der Waals surface area contributed by atoms with E-state index in [0.717, 1.165) is 16.8 Å². The summed E-state index contributed by atoms with van der Waals surface area (Å²) in [7, 11) is 0. The Balaban J connectivity index is 2.46. The molecule has 4 nitrogen and oxygen atoms in total. The molecule has 0 fully saturated rings. The van der Waals surface area contributed by atoms with E-state index in [1.807, 2.05) is 81.4 Å². The van der Waals surface area contributed by atoms with Crippen LogP contribution >= 0.6 is 0 Å². The first-order valence-electron chi connectivity index (χ1n) is 8.69. The molecule has 2 aromatic rings. The number of benzene rings is 2. The summed E-state index contributed by atoms with van der Waals surface area (Å²) in [6.45, 7) is 5.47. The summed E-state index contributed by atoms with van der Waals surface area (Å²) in [5.41, 5.74) is 1.96. The Kier molecular flexibility index (Phi) is 6.68. The van der Waals surface area contributed by atoms with E-state index in [9.17, 15) is 4.79 Å². The van der Waals surface area contributed by atoms with Crippen LogP contribution in [-0.2, 0) is 9.53 Å². The Labute approximate surface area is 155 Å². The lowest BCUT2D eigenvalue weighted by molar-refractivity contribution is -0.156. The summed E-state index contributed by atoms with van der Waals surface area (Å²) >= 11 is 0. The number of esters is 1. The predicted octanol–water partition coefficient (Wildman–Crippen LogP) is 4.54. The van der Waals surface area contributed by atoms with Gasteiger partial charge in [-0.1, -0.05) is 60.7 Å². The lowest BCUT2D eigenvalue weighted by Gasteiger charge is -2.22. The topological polar surface area (TPSA) is 62.5 Å². The van der Waals surface area contributed by atoms with Crippen LogP contribution in [0.4, 0.5) is 0 Å². The van der Waals surface area contributed by atoms with Crippen LogP contribution in [0.2, 0.25) is 0 Å². The minimum Gasteiger partial charge on any atom is -0.458 e. The average Bonchev–Trinajstić information content (AvgIpc) is 2.62. The third kappa shape index (κ3) is 5.86. The molecular weight excluding hydrogens is 324 g/mol. The fraction of sp³-hybridized carbons (Fsp3) is 0.318. The van der Waals surface area contributed by atoms with Gasteiger partial charge in [0.1, 0.15) is 11.6 Å². The Morgan fingerprint density at radius 1 is 1.04 bits per heavy atom. The molecule has 0 saturated carbocycles. The summed E-state index contributed by atoms with van der Waals surface area (Å²) in [5.74, 6) is -0.405. The first-order chi connectivity index (χ1) is 12.4. The van der Waals surface area contributed by atoms with Gasteiger partial charge in [-0.25, -0.2) is 4.79 Å². The van der Waals surface area contributed by atoms with Crippen molar-refractivity contribution in [3.63, 3.8) is 0 Å². The second-order valence-electron chi connectivity index (χ2n) is 6.96. The zero-order valence-corrected chi connectivity index (χ0v) is 15.5. The zero-order valence-electron chi connectivity index (χ0n) is 15.5. The van der Waals surface area contributed by atoms with E-state index in [1.54, 1.807) is 0 Å². The standard InChI is InChI=1S/C22H24N2O2/c1-22(2,3)26-21(25)19(15-10-16-23)24-20(17-11-6-4-7-12-17)18-13-8-5-9-14-18/h4-9,11-14,19H,10,15H2,1-3H3/t19-/m0/s1. The van der Waals surface area contributed by atoms with E-state index in [0.29, 0.717) is 6.42 Å². The Hall–Kier alpha value is -2.93. The van der Waals surface area contributed by atoms with Gasteiger partial charge in [-0.3, -0.25) is 4.99 Å². The molecule has 0 heterocycles. The maximum absolute atomic E-state index is 12.6. The van der Waals surface area contributed by atoms with Crippen molar-refractivity contribution in [2.75, 3.05) is 0 Å². The second kappa shape index (κ2) is 8.96. The lowest BCUT2D eigenvalue weighted by atomic mass is 10.0. The lowest BCUT2D eigenvalue weighted by Crippen LogP contribution is -2.31. The first kappa shape index (κ1) is 19.4. The normalized spacial score (nSPS) is 11.9. The third-order valence-electron chi connectivity index (χ3n) is 3.59. The summed E-state index contributed by atoms with van der Waals surface area (Å²) in [6.07, 6.45) is 0.568. The molecule has 0 saturated heterocycles. The second-order valence-corrected chi connectivity index (χ2v) is 6.96. The average molecular weight is 348 g/mol. The van der Waals surface area contributed by atoms with Gasteiger partial charge in [0, 0.05) is 17.5 Å². The number of hydrogen-bond acceptors (Lipinski definition) is 4. The van der Waals surface area contributed by atoms with Crippen LogP contribution in [0.25, 0.3) is 0 Å². The Morgan fingerprint density at radius 2 is 1.54 bits per heavy atom. The summed E-state index contributed by atoms with van der Waals surface area (Å²) in [5, 5.41) is 8.95. The molecular formula is C22H24N2O2. The molecule has 26 heavy (non-hydrogen) atoms. The fourth-order valence-electron chi connectivity index (χ4n) is 2.47. The molecule has 4 heteroatoms. The predicted molar refractivity (Wildman–Crippen MR) is 103 cm³/mol. The van der Waals surface area contributed by atoms with Gasteiger partial charge < -0.3 is 4.74 Å². The van der Waals surface area contributed by atoms with Crippen LogP contribution in [0.1, 0.15) is 44.7 Å². The Morgan fingerprint density at radius 3 is 1.96 bits per heavy atom. The molecule has 0 N–H and O–H groups in total. The van der Waals surface area contributed by atoms with Crippen molar-refractivity contribution in [1.82, 2.24) is 0 Å². The molecule has 0 radical (unpaired) electrons. The number of aliphatic imine (C=N–C) groups is 1. The maximum atomic E-state index is 12.6. The SMILES string of the molecule is CC(C)(C)OC(=O)[C@H](CCC#N)N=C(c1ccccc1)c1ccccc1. The van der Waals surface area contributed by atoms with Gasteiger partial charge in [0.25, 0.3) is 0 Å². The van der Waals surface area contributed by atoms with Crippen LogP contribution in [0, 0.1) is 11.3 Å². The quantitative estimate of drug-likeness (QED) is 0.569. The van der Waals surface area contributed by atoms with E-state index in [1.165, 1.54) is 0 Å². The van der Waals surface area contributed by atoms with Gasteiger partial charge in [-0.15, -0.1) is 0 Å². The van der Waals surface area contributed by atoms with E-state index >= 15 is 0 Å². The van der Waals surface area contributed by atoms with Gasteiger partial charge in [0.2, 0.25) is 0 Å². The van der Waals surface area contributed by atoms with Gasteiger partial charge in [0.05, 0.1) is 11.8 Å². The van der Waals surface area contributed by atoms with Crippen LogP contribution in [-0.4, -0.2) is 23.3 Å². The minimum atomic E-state index is -0.718. The molecule has 2 rings (SSSR count). The zero-order chi connectivity index (χ0) is 19.0. The fourth-order valence-corrected chi connectivity index (χ4v) is 2.47. The van der Waals surface area contributed by atoms with E-state index in [2.05, 4.69) is 6.07 Å². The summed E-state index contributed by atoms with van der Waals surface area (Å²) in [6, 6.07) is 20.8. The van der Waals surface area contributed by atoms with Crippen molar-refractivity contribution >= 4 is 11.7 Å². The largest absolute Gasteiger partial charge is 0.458 e. The highest BCUT2D eigenvalue weighted by molar-refractivity contribution is 6.13. The molecule has 0 bridgehead atoms. The minimum absolute atomic E-state index is 0.240. The molecule has 0 spiro atoms. The summed E-state index contributed by atoms with van der Waals surface area (Å²) in [4.78, 5) is 17.4. The molecule has 1 atom stereocenters. The number of nitriles is 1. The Bertz CT molecular complexity index is 743. The van der Waals surface area contributed by atoms with Crippen LogP contribution in [0.15, 0.2) is 65.7 Å². The van der Waals surface area contributed by atoms with E-state index in [-0.39, 0.29) is 6.42 Å². The van der Waals surface area contributed by atoms with Crippen molar-refractivity contribution < 1.29 is 9.53 Å². The van der Waals surface area contributed by atoms with Crippen molar-refractivity contribution in [2.24, 2.45) is 4.99 Å². The number of ether oxygens (including phenoxy) is 1. The number of hydrogen-bond donors (Lipinski definition) is 0. The van der Waals surface area contributed by atoms with Crippen LogP contribution in [0.3, 0.4) is 0 Å². The molecule has 0 aliphatic rings. The smallest absolute Gasteiger partial charge is 0.331 e. The number of carbonyl (C=O) groups is 1. The molecule has 0 aliphatic carbocycles. The first-order valence-corrected chi connectivity index (χ1v) is 8.69. The van der Waals surface area contributed by atoms with Crippen LogP contribution < -0.4 is 0 Å². The highest BCUT2D eigenvalue weighted by Crippen LogP contribution is 2.17. The molecule has 0 aliphatic heterocycles.